The average molecular weight is 198 g/mol. The van der Waals surface area contributed by atoms with Crippen LogP contribution in [0.25, 0.3) is 0 Å². The summed E-state index contributed by atoms with van der Waals surface area (Å²) in [5.41, 5.74) is 4.11. The monoisotopic (exact) mass is 198 g/mol. The summed E-state index contributed by atoms with van der Waals surface area (Å²) in [6.45, 7) is 3.05. The zero-order valence-electron chi connectivity index (χ0n) is 8.85. The van der Waals surface area contributed by atoms with Gasteiger partial charge in [0.15, 0.2) is 0 Å². The Kier molecular flexibility index (Phi) is 1.88. The lowest BCUT2D eigenvalue weighted by atomic mass is 9.78. The van der Waals surface area contributed by atoms with Gasteiger partial charge < -0.3 is 0 Å². The predicted octanol–water partition coefficient (Wildman–Crippen LogP) is 2.53. The molecule has 1 atom stereocenters. The van der Waals surface area contributed by atoms with Crippen LogP contribution >= 0.6 is 0 Å². The highest BCUT2D eigenvalue weighted by Crippen LogP contribution is 2.35. The molecule has 0 saturated heterocycles. The maximum absolute atomic E-state index is 4.42. The van der Waals surface area contributed by atoms with Gasteiger partial charge >= 0.3 is 0 Å². The summed E-state index contributed by atoms with van der Waals surface area (Å²) in [4.78, 5) is 0. The van der Waals surface area contributed by atoms with Crippen molar-refractivity contribution in [2.75, 3.05) is 0 Å². The summed E-state index contributed by atoms with van der Waals surface area (Å²) in [5.74, 6) is 0.667. The molecule has 1 aliphatic carbocycles. The minimum atomic E-state index is 0.667. The van der Waals surface area contributed by atoms with Gasteiger partial charge in [-0.1, -0.05) is 24.3 Å². The topological polar surface area (TPSA) is 17.8 Å². The van der Waals surface area contributed by atoms with Crippen LogP contribution in [-0.2, 0) is 13.0 Å². The largest absolute Gasteiger partial charge is 0.272 e. The van der Waals surface area contributed by atoms with Crippen LogP contribution in [-0.4, -0.2) is 9.78 Å². The first kappa shape index (κ1) is 8.72. The SMILES string of the molecule is Cc1ccn(CC2Cc3ccccc32)n1. The molecule has 0 N–H and O–H groups in total. The third-order valence-corrected chi connectivity index (χ3v) is 3.14. The van der Waals surface area contributed by atoms with Crippen LogP contribution in [0.4, 0.5) is 0 Å². The number of nitrogens with zero attached hydrogens (tertiary/aromatic N) is 2. The fourth-order valence-electron chi connectivity index (χ4n) is 2.32. The van der Waals surface area contributed by atoms with E-state index in [-0.39, 0.29) is 0 Å². The second kappa shape index (κ2) is 3.23. The Labute approximate surface area is 89.5 Å². The van der Waals surface area contributed by atoms with E-state index in [1.807, 2.05) is 6.92 Å². The Morgan fingerprint density at radius 3 is 2.93 bits per heavy atom. The Balaban J connectivity index is 1.78. The second-order valence-corrected chi connectivity index (χ2v) is 4.28. The maximum Gasteiger partial charge on any atom is 0.0593 e. The van der Waals surface area contributed by atoms with Gasteiger partial charge in [0, 0.05) is 18.7 Å². The first-order valence-corrected chi connectivity index (χ1v) is 5.41. The molecule has 1 heterocycles. The molecule has 3 rings (SSSR count). The zero-order chi connectivity index (χ0) is 10.3. The van der Waals surface area contributed by atoms with Gasteiger partial charge in [-0.2, -0.15) is 5.10 Å². The Morgan fingerprint density at radius 1 is 1.33 bits per heavy atom. The van der Waals surface area contributed by atoms with Gasteiger partial charge in [-0.05, 0) is 30.5 Å². The van der Waals surface area contributed by atoms with Crippen LogP contribution in [0.1, 0.15) is 22.7 Å². The molecule has 0 radical (unpaired) electrons. The van der Waals surface area contributed by atoms with Gasteiger partial charge in [0.2, 0.25) is 0 Å². The van der Waals surface area contributed by atoms with E-state index in [9.17, 15) is 0 Å². The number of benzene rings is 1. The fraction of sp³-hybridized carbons (Fsp3) is 0.308. The van der Waals surface area contributed by atoms with E-state index < -0.39 is 0 Å². The molecule has 0 spiro atoms. The Bertz CT molecular complexity index is 485. The first-order valence-electron chi connectivity index (χ1n) is 5.41. The molecule has 0 amide bonds. The summed E-state index contributed by atoms with van der Waals surface area (Å²) in [6, 6.07) is 10.8. The molecule has 76 valence electrons. The normalized spacial score (nSPS) is 18.3. The summed E-state index contributed by atoms with van der Waals surface area (Å²) < 4.78 is 2.05. The molecule has 0 aliphatic heterocycles. The number of aryl methyl sites for hydroxylation is 1. The molecule has 0 bridgehead atoms. The lowest BCUT2D eigenvalue weighted by molar-refractivity contribution is 0.473. The maximum atomic E-state index is 4.42. The summed E-state index contributed by atoms with van der Waals surface area (Å²) >= 11 is 0. The van der Waals surface area contributed by atoms with E-state index >= 15 is 0 Å². The molecular weight excluding hydrogens is 184 g/mol. The summed E-state index contributed by atoms with van der Waals surface area (Å²) in [5, 5.41) is 4.42. The molecule has 1 aromatic carbocycles. The van der Waals surface area contributed by atoms with E-state index in [1.54, 1.807) is 0 Å². The van der Waals surface area contributed by atoms with Crippen molar-refractivity contribution >= 4 is 0 Å². The van der Waals surface area contributed by atoms with Crippen molar-refractivity contribution in [2.45, 2.75) is 25.8 Å². The average Bonchev–Trinajstić information content (AvgIpc) is 2.61. The highest BCUT2D eigenvalue weighted by molar-refractivity contribution is 5.39. The van der Waals surface area contributed by atoms with Gasteiger partial charge in [-0.3, -0.25) is 4.68 Å². The van der Waals surface area contributed by atoms with E-state index in [0.717, 1.165) is 12.2 Å². The van der Waals surface area contributed by atoms with Crippen molar-refractivity contribution in [3.05, 3.63) is 53.3 Å². The molecule has 2 nitrogen and oxygen atoms in total. The van der Waals surface area contributed by atoms with Crippen molar-refractivity contribution in [2.24, 2.45) is 0 Å². The molecule has 2 heteroatoms. The van der Waals surface area contributed by atoms with Crippen molar-refractivity contribution in [1.82, 2.24) is 9.78 Å². The third kappa shape index (κ3) is 1.46. The van der Waals surface area contributed by atoms with Crippen molar-refractivity contribution in [3.63, 3.8) is 0 Å². The van der Waals surface area contributed by atoms with Gasteiger partial charge in [-0.25, -0.2) is 0 Å². The predicted molar refractivity (Wildman–Crippen MR) is 59.9 cm³/mol. The lowest BCUT2D eigenvalue weighted by Crippen LogP contribution is -2.22. The molecule has 0 saturated carbocycles. The quantitative estimate of drug-likeness (QED) is 0.725. The van der Waals surface area contributed by atoms with Crippen LogP contribution in [0.15, 0.2) is 36.5 Å². The molecule has 1 unspecified atom stereocenters. The van der Waals surface area contributed by atoms with Gasteiger partial charge in [0.1, 0.15) is 0 Å². The molecule has 0 fully saturated rings. The number of hydrogen-bond acceptors (Lipinski definition) is 1. The molecule has 15 heavy (non-hydrogen) atoms. The van der Waals surface area contributed by atoms with E-state index in [4.69, 9.17) is 0 Å². The summed E-state index contributed by atoms with van der Waals surface area (Å²) in [6.07, 6.45) is 3.27. The summed E-state index contributed by atoms with van der Waals surface area (Å²) in [7, 11) is 0. The molecular formula is C13H14N2. The highest BCUT2D eigenvalue weighted by Gasteiger charge is 2.25. The van der Waals surface area contributed by atoms with E-state index in [1.165, 1.54) is 17.5 Å². The highest BCUT2D eigenvalue weighted by atomic mass is 15.3. The number of aromatic nitrogens is 2. The smallest absolute Gasteiger partial charge is 0.0593 e. The lowest BCUT2D eigenvalue weighted by Gasteiger charge is -2.29. The number of rotatable bonds is 2. The van der Waals surface area contributed by atoms with Gasteiger partial charge in [0.25, 0.3) is 0 Å². The van der Waals surface area contributed by atoms with E-state index in [0.29, 0.717) is 5.92 Å². The second-order valence-electron chi connectivity index (χ2n) is 4.28. The number of hydrogen-bond donors (Lipinski definition) is 0. The van der Waals surface area contributed by atoms with Crippen LogP contribution in [0.5, 0.6) is 0 Å². The van der Waals surface area contributed by atoms with Crippen molar-refractivity contribution < 1.29 is 0 Å². The first-order chi connectivity index (χ1) is 7.33. The van der Waals surface area contributed by atoms with Gasteiger partial charge in [-0.15, -0.1) is 0 Å². The zero-order valence-corrected chi connectivity index (χ0v) is 8.85. The Hall–Kier alpha value is -1.57. The van der Waals surface area contributed by atoms with Gasteiger partial charge in [0.05, 0.1) is 5.69 Å². The van der Waals surface area contributed by atoms with Crippen LogP contribution in [0.2, 0.25) is 0 Å². The van der Waals surface area contributed by atoms with Crippen LogP contribution in [0.3, 0.4) is 0 Å². The van der Waals surface area contributed by atoms with Crippen molar-refractivity contribution in [3.8, 4) is 0 Å². The van der Waals surface area contributed by atoms with Crippen molar-refractivity contribution in [1.29, 1.82) is 0 Å². The fourth-order valence-corrected chi connectivity index (χ4v) is 2.32. The number of fused-ring (bicyclic) bond motifs is 1. The van der Waals surface area contributed by atoms with E-state index in [2.05, 4.69) is 46.3 Å². The standard InChI is InChI=1S/C13H14N2/c1-10-6-7-15(14-10)9-12-8-11-4-2-3-5-13(11)12/h2-7,12H,8-9H2,1H3. The van der Waals surface area contributed by atoms with Crippen LogP contribution < -0.4 is 0 Å². The molecule has 2 aromatic rings. The Morgan fingerprint density at radius 2 is 2.20 bits per heavy atom. The minimum Gasteiger partial charge on any atom is -0.272 e. The third-order valence-electron chi connectivity index (χ3n) is 3.14. The molecule has 1 aliphatic rings. The minimum absolute atomic E-state index is 0.667. The molecule has 1 aromatic heterocycles. The van der Waals surface area contributed by atoms with Crippen LogP contribution in [0, 0.1) is 6.92 Å².